The van der Waals surface area contributed by atoms with E-state index in [1.165, 1.54) is 11.8 Å². The van der Waals surface area contributed by atoms with Crippen LogP contribution in [0.5, 0.6) is 17.2 Å². The average Bonchev–Trinajstić information content (AvgIpc) is 2.99. The number of hydrogen-bond acceptors (Lipinski definition) is 7. The number of likely N-dealkylation sites (N-methyl/N-ethyl adjacent to an activating group) is 1. The van der Waals surface area contributed by atoms with Crippen molar-refractivity contribution in [1.29, 1.82) is 5.26 Å². The lowest BCUT2D eigenvalue weighted by Gasteiger charge is -2.26. The van der Waals surface area contributed by atoms with Gasteiger partial charge in [-0.15, -0.1) is 0 Å². The molecule has 1 atom stereocenters. The Balaban J connectivity index is 1.63. The highest BCUT2D eigenvalue weighted by Crippen LogP contribution is 2.33. The number of ether oxygens (including phenoxy) is 3. The van der Waals surface area contributed by atoms with Gasteiger partial charge >= 0.3 is 5.97 Å². The largest absolute Gasteiger partial charge is 0.493 e. The predicted molar refractivity (Wildman–Crippen MR) is 152 cm³/mol. The van der Waals surface area contributed by atoms with Crippen LogP contribution >= 0.6 is 0 Å². The Labute approximate surface area is 233 Å². The van der Waals surface area contributed by atoms with Gasteiger partial charge in [-0.1, -0.05) is 36.4 Å². The number of methoxy groups -OCH3 is 1. The molecule has 0 heterocycles. The summed E-state index contributed by atoms with van der Waals surface area (Å²) in [5.41, 5.74) is 3.47. The number of nitrogens with zero attached hydrogens (tertiary/aromatic N) is 2. The molecule has 0 aliphatic heterocycles. The molecule has 0 aromatic heterocycles. The maximum atomic E-state index is 13.9. The summed E-state index contributed by atoms with van der Waals surface area (Å²) in [6, 6.07) is 30.0. The molecule has 1 N–H and O–H groups in total. The van der Waals surface area contributed by atoms with Crippen LogP contribution in [0.15, 0.2) is 97.1 Å². The highest BCUT2D eigenvalue weighted by molar-refractivity contribution is 5.99. The summed E-state index contributed by atoms with van der Waals surface area (Å²) in [5.74, 6) is 0.758. The fourth-order valence-electron chi connectivity index (χ4n) is 4.04. The van der Waals surface area contributed by atoms with Gasteiger partial charge in [0.15, 0.2) is 11.5 Å². The molecule has 4 aromatic rings. The number of carbonyl (C=O) groups is 2. The molecule has 202 valence electrons. The van der Waals surface area contributed by atoms with Gasteiger partial charge in [0.2, 0.25) is 0 Å². The molecule has 1 unspecified atom stereocenters. The zero-order valence-corrected chi connectivity index (χ0v) is 22.5. The van der Waals surface area contributed by atoms with Gasteiger partial charge in [-0.3, -0.25) is 9.59 Å². The second kappa shape index (κ2) is 13.0. The lowest BCUT2D eigenvalue weighted by molar-refractivity contribution is -0.131. The van der Waals surface area contributed by atoms with E-state index in [1.54, 1.807) is 74.8 Å². The summed E-state index contributed by atoms with van der Waals surface area (Å²) in [4.78, 5) is 26.7. The topological polar surface area (TPSA) is 101 Å². The van der Waals surface area contributed by atoms with Crippen LogP contribution in [0.4, 0.5) is 11.4 Å². The molecule has 4 aromatic carbocycles. The molecule has 4 rings (SSSR count). The molecule has 0 fully saturated rings. The van der Waals surface area contributed by atoms with Crippen molar-refractivity contribution >= 4 is 23.3 Å². The Morgan fingerprint density at radius 2 is 1.62 bits per heavy atom. The monoisotopic (exact) mass is 535 g/mol. The van der Waals surface area contributed by atoms with Gasteiger partial charge in [0, 0.05) is 25.3 Å². The van der Waals surface area contributed by atoms with Crippen molar-refractivity contribution in [2.24, 2.45) is 0 Å². The van der Waals surface area contributed by atoms with Crippen molar-refractivity contribution in [1.82, 2.24) is 0 Å². The molecule has 0 radical (unpaired) electrons. The Bertz CT molecular complexity index is 1500. The first-order valence-electron chi connectivity index (χ1n) is 12.6. The van der Waals surface area contributed by atoms with Crippen LogP contribution in [0.2, 0.25) is 0 Å². The first kappa shape index (κ1) is 27.7. The highest BCUT2D eigenvalue weighted by Gasteiger charge is 2.26. The number of benzene rings is 4. The summed E-state index contributed by atoms with van der Waals surface area (Å²) in [5, 5.41) is 12.5. The summed E-state index contributed by atoms with van der Waals surface area (Å²) in [7, 11) is 3.22. The highest BCUT2D eigenvalue weighted by atomic mass is 16.5. The average molecular weight is 536 g/mol. The molecule has 0 spiro atoms. The number of nitrogens with one attached hydrogen (secondary N) is 1. The number of anilines is 2. The van der Waals surface area contributed by atoms with Crippen LogP contribution in [0.25, 0.3) is 0 Å². The van der Waals surface area contributed by atoms with Crippen LogP contribution in [0.3, 0.4) is 0 Å². The van der Waals surface area contributed by atoms with Crippen molar-refractivity contribution in [2.45, 2.75) is 19.6 Å². The Hall–Kier alpha value is -5.29. The Morgan fingerprint density at radius 3 is 2.25 bits per heavy atom. The molecule has 0 saturated carbocycles. The molecule has 1 amide bonds. The maximum Gasteiger partial charge on any atom is 0.308 e. The lowest BCUT2D eigenvalue weighted by Crippen LogP contribution is -2.35. The third kappa shape index (κ3) is 6.97. The van der Waals surface area contributed by atoms with Crippen LogP contribution < -0.4 is 24.4 Å². The number of esters is 1. The molecule has 0 saturated heterocycles. The fraction of sp³-hybridized carbons (Fsp3) is 0.156. The van der Waals surface area contributed by atoms with E-state index in [9.17, 15) is 9.59 Å². The van der Waals surface area contributed by atoms with Crippen LogP contribution in [-0.4, -0.2) is 26.0 Å². The zero-order valence-electron chi connectivity index (χ0n) is 22.5. The molecule has 0 aliphatic carbocycles. The van der Waals surface area contributed by atoms with Crippen molar-refractivity contribution in [2.75, 3.05) is 24.4 Å². The Kier molecular flexibility index (Phi) is 9.00. The van der Waals surface area contributed by atoms with Gasteiger partial charge in [0.25, 0.3) is 5.91 Å². The predicted octanol–water partition coefficient (Wildman–Crippen LogP) is 5.89. The van der Waals surface area contributed by atoms with E-state index in [-0.39, 0.29) is 5.91 Å². The van der Waals surface area contributed by atoms with Gasteiger partial charge < -0.3 is 24.4 Å². The van der Waals surface area contributed by atoms with Crippen molar-refractivity contribution < 1.29 is 23.8 Å². The van der Waals surface area contributed by atoms with Gasteiger partial charge in [0.1, 0.15) is 18.4 Å². The van der Waals surface area contributed by atoms with E-state index in [2.05, 4.69) is 11.4 Å². The fourth-order valence-corrected chi connectivity index (χ4v) is 4.04. The standard InChI is InChI=1S/C32H29N3O5/c1-22(36)40-28-16-14-27(15-17-28)35(2)32(37)31(34-26-12-9-23(20-33)10-13-26)25-11-18-29(30(19-25)38-3)39-21-24-7-5-4-6-8-24/h4-19,31,34H,21H2,1-3H3. The number of rotatable bonds is 10. The Morgan fingerprint density at radius 1 is 0.925 bits per heavy atom. The van der Waals surface area contributed by atoms with Crippen LogP contribution in [-0.2, 0) is 16.2 Å². The number of hydrogen-bond donors (Lipinski definition) is 1. The summed E-state index contributed by atoms with van der Waals surface area (Å²) in [6.45, 7) is 1.70. The smallest absolute Gasteiger partial charge is 0.308 e. The molecule has 8 nitrogen and oxygen atoms in total. The second-order valence-electron chi connectivity index (χ2n) is 8.94. The van der Waals surface area contributed by atoms with E-state index in [0.717, 1.165) is 5.56 Å². The summed E-state index contributed by atoms with van der Waals surface area (Å²) < 4.78 is 16.7. The maximum absolute atomic E-state index is 13.9. The number of nitriles is 1. The molecule has 0 aliphatic rings. The summed E-state index contributed by atoms with van der Waals surface area (Å²) >= 11 is 0. The van der Waals surface area contributed by atoms with E-state index in [4.69, 9.17) is 19.5 Å². The van der Waals surface area contributed by atoms with Crippen molar-refractivity contribution in [3.63, 3.8) is 0 Å². The van der Waals surface area contributed by atoms with E-state index < -0.39 is 12.0 Å². The third-order valence-corrected chi connectivity index (χ3v) is 6.15. The number of carbonyl (C=O) groups excluding carboxylic acids is 2. The van der Waals surface area contributed by atoms with Gasteiger partial charge in [-0.05, 0) is 71.8 Å². The van der Waals surface area contributed by atoms with Crippen LogP contribution in [0.1, 0.15) is 29.7 Å². The first-order valence-corrected chi connectivity index (χ1v) is 12.6. The zero-order chi connectivity index (χ0) is 28.5. The van der Waals surface area contributed by atoms with E-state index in [1.807, 2.05) is 36.4 Å². The second-order valence-corrected chi connectivity index (χ2v) is 8.94. The quantitative estimate of drug-likeness (QED) is 0.200. The molecular formula is C32H29N3O5. The molecule has 40 heavy (non-hydrogen) atoms. The normalized spacial score (nSPS) is 11.1. The lowest BCUT2D eigenvalue weighted by atomic mass is 10.0. The van der Waals surface area contributed by atoms with Gasteiger partial charge in [0.05, 0.1) is 18.7 Å². The summed E-state index contributed by atoms with van der Waals surface area (Å²) in [6.07, 6.45) is 0. The third-order valence-electron chi connectivity index (χ3n) is 6.15. The minimum Gasteiger partial charge on any atom is -0.493 e. The van der Waals surface area contributed by atoms with E-state index >= 15 is 0 Å². The molecule has 8 heteroatoms. The SMILES string of the molecule is COc1cc(C(Nc2ccc(C#N)cc2)C(=O)N(C)c2ccc(OC(C)=O)cc2)ccc1OCc1ccccc1. The first-order chi connectivity index (χ1) is 19.4. The van der Waals surface area contributed by atoms with Crippen LogP contribution in [0, 0.1) is 11.3 Å². The van der Waals surface area contributed by atoms with Crippen molar-refractivity contribution in [3.8, 4) is 23.3 Å². The minimum atomic E-state index is -0.803. The van der Waals surface area contributed by atoms with Crippen molar-refractivity contribution in [3.05, 3.63) is 114 Å². The van der Waals surface area contributed by atoms with E-state index in [0.29, 0.717) is 46.4 Å². The molecule has 0 bridgehead atoms. The minimum absolute atomic E-state index is 0.246. The molecular weight excluding hydrogens is 506 g/mol. The van der Waals surface area contributed by atoms with Gasteiger partial charge in [-0.25, -0.2) is 0 Å². The van der Waals surface area contributed by atoms with Gasteiger partial charge in [-0.2, -0.15) is 5.26 Å². The number of amides is 1.